The van der Waals surface area contributed by atoms with Crippen molar-refractivity contribution in [1.29, 1.82) is 0 Å². The highest BCUT2D eigenvalue weighted by Gasteiger charge is 2.54. The van der Waals surface area contributed by atoms with Gasteiger partial charge in [0.25, 0.3) is 5.91 Å². The number of hydrogen-bond donors (Lipinski definition) is 2. The molecular weight excluding hydrogens is 259 g/mol. The second-order valence-electron chi connectivity index (χ2n) is 3.50. The molecule has 17 heavy (non-hydrogen) atoms. The summed E-state index contributed by atoms with van der Waals surface area (Å²) >= 11 is 5.58. The summed E-state index contributed by atoms with van der Waals surface area (Å²) in [4.78, 5) is 15.0. The van der Waals surface area contributed by atoms with Gasteiger partial charge >= 0.3 is 6.18 Å². The van der Waals surface area contributed by atoms with Crippen LogP contribution in [0, 0.1) is 0 Å². The molecule has 1 heterocycles. The van der Waals surface area contributed by atoms with Gasteiger partial charge in [-0.05, 0) is 19.1 Å². The first-order valence-electron chi connectivity index (χ1n) is 4.44. The van der Waals surface area contributed by atoms with E-state index in [9.17, 15) is 18.0 Å². The van der Waals surface area contributed by atoms with E-state index in [2.05, 4.69) is 4.98 Å². The van der Waals surface area contributed by atoms with E-state index < -0.39 is 17.6 Å². The summed E-state index contributed by atoms with van der Waals surface area (Å²) in [7, 11) is 0. The molecule has 1 unspecified atom stereocenters. The lowest BCUT2D eigenvalue weighted by Crippen LogP contribution is -2.59. The standard InChI is InChI=1S/C9H9ClF3N3O/c1-8(14,9(11,12)13)7(17)16-5-3-2-4-15-6(5)10/h2-4H,14H2,1H3,(H,16,17). The molecular formula is C9H9ClF3N3O. The Kier molecular flexibility index (Phi) is 3.63. The van der Waals surface area contributed by atoms with Crippen molar-refractivity contribution in [1.82, 2.24) is 4.98 Å². The molecule has 1 aromatic rings. The first kappa shape index (κ1) is 13.7. The van der Waals surface area contributed by atoms with E-state index in [1.54, 1.807) is 0 Å². The summed E-state index contributed by atoms with van der Waals surface area (Å²) in [5, 5.41) is 1.87. The van der Waals surface area contributed by atoms with Gasteiger partial charge in [0.1, 0.15) is 0 Å². The molecule has 0 aliphatic heterocycles. The Hall–Kier alpha value is -1.34. The zero-order valence-corrected chi connectivity index (χ0v) is 9.43. The Morgan fingerprint density at radius 2 is 2.12 bits per heavy atom. The van der Waals surface area contributed by atoms with Crippen molar-refractivity contribution >= 4 is 23.2 Å². The lowest BCUT2D eigenvalue weighted by Gasteiger charge is -2.26. The molecule has 0 aromatic carbocycles. The number of carbonyl (C=O) groups is 1. The number of carbonyl (C=O) groups excluding carboxylic acids is 1. The van der Waals surface area contributed by atoms with Crippen molar-refractivity contribution in [2.45, 2.75) is 18.6 Å². The van der Waals surface area contributed by atoms with Crippen LogP contribution in [0.15, 0.2) is 18.3 Å². The predicted octanol–water partition coefficient (Wildman–Crippen LogP) is 1.95. The van der Waals surface area contributed by atoms with E-state index in [0.29, 0.717) is 6.92 Å². The minimum atomic E-state index is -4.86. The number of halogens is 4. The molecule has 0 fully saturated rings. The number of alkyl halides is 3. The molecule has 1 aromatic heterocycles. The number of nitrogens with zero attached hydrogens (tertiary/aromatic N) is 1. The molecule has 3 N–H and O–H groups in total. The Bertz CT molecular complexity index is 434. The molecule has 0 spiro atoms. The van der Waals surface area contributed by atoms with Gasteiger partial charge in [0, 0.05) is 6.20 Å². The van der Waals surface area contributed by atoms with Gasteiger partial charge in [0.05, 0.1) is 5.69 Å². The molecule has 0 saturated heterocycles. The van der Waals surface area contributed by atoms with E-state index in [1.807, 2.05) is 5.32 Å². The zero-order valence-electron chi connectivity index (χ0n) is 8.68. The fraction of sp³-hybridized carbons (Fsp3) is 0.333. The Morgan fingerprint density at radius 1 is 1.53 bits per heavy atom. The monoisotopic (exact) mass is 267 g/mol. The maximum atomic E-state index is 12.5. The topological polar surface area (TPSA) is 68.0 Å². The number of aromatic nitrogens is 1. The molecule has 0 radical (unpaired) electrons. The number of hydrogen-bond acceptors (Lipinski definition) is 3. The summed E-state index contributed by atoms with van der Waals surface area (Å²) < 4.78 is 37.4. The van der Waals surface area contributed by atoms with Crippen LogP contribution >= 0.6 is 11.6 Å². The zero-order chi connectivity index (χ0) is 13.3. The summed E-state index contributed by atoms with van der Waals surface area (Å²) in [6.45, 7) is 0.576. The smallest absolute Gasteiger partial charge is 0.322 e. The minimum absolute atomic E-state index is 0.0277. The van der Waals surface area contributed by atoms with Crippen LogP contribution < -0.4 is 11.1 Å². The Morgan fingerprint density at radius 3 is 2.59 bits per heavy atom. The van der Waals surface area contributed by atoms with Crippen LogP contribution in [0.5, 0.6) is 0 Å². The second-order valence-corrected chi connectivity index (χ2v) is 3.85. The van der Waals surface area contributed by atoms with Crippen molar-refractivity contribution in [2.75, 3.05) is 5.32 Å². The summed E-state index contributed by atoms with van der Waals surface area (Å²) in [6, 6.07) is 2.74. The van der Waals surface area contributed by atoms with Crippen molar-refractivity contribution in [2.24, 2.45) is 5.73 Å². The quantitative estimate of drug-likeness (QED) is 0.805. The van der Waals surface area contributed by atoms with Gasteiger partial charge in [-0.3, -0.25) is 4.79 Å². The second kappa shape index (κ2) is 4.50. The number of amides is 1. The van der Waals surface area contributed by atoms with Crippen LogP contribution in [-0.4, -0.2) is 22.6 Å². The lowest BCUT2D eigenvalue weighted by atomic mass is 10.0. The van der Waals surface area contributed by atoms with Gasteiger partial charge in [-0.1, -0.05) is 11.6 Å². The normalized spacial score (nSPS) is 15.2. The highest BCUT2D eigenvalue weighted by atomic mass is 35.5. The van der Waals surface area contributed by atoms with Crippen LogP contribution in [0.25, 0.3) is 0 Å². The van der Waals surface area contributed by atoms with Crippen LogP contribution in [0.2, 0.25) is 5.15 Å². The third-order valence-corrected chi connectivity index (χ3v) is 2.37. The molecule has 0 aliphatic carbocycles. The maximum absolute atomic E-state index is 12.5. The first-order chi connectivity index (χ1) is 7.66. The third-order valence-electron chi connectivity index (χ3n) is 2.07. The number of nitrogens with two attached hydrogens (primary N) is 1. The van der Waals surface area contributed by atoms with E-state index >= 15 is 0 Å². The van der Waals surface area contributed by atoms with Crippen LogP contribution in [0.4, 0.5) is 18.9 Å². The molecule has 94 valence electrons. The molecule has 8 heteroatoms. The van der Waals surface area contributed by atoms with Crippen molar-refractivity contribution in [3.63, 3.8) is 0 Å². The SMILES string of the molecule is CC(N)(C(=O)Nc1cccnc1Cl)C(F)(F)F. The van der Waals surface area contributed by atoms with Crippen LogP contribution in [0.3, 0.4) is 0 Å². The first-order valence-corrected chi connectivity index (χ1v) is 4.81. The molecule has 1 rings (SSSR count). The average Bonchev–Trinajstić information content (AvgIpc) is 2.19. The van der Waals surface area contributed by atoms with Crippen LogP contribution in [0.1, 0.15) is 6.92 Å². The number of pyridine rings is 1. The Labute approximate surface area is 100.0 Å². The third kappa shape index (κ3) is 2.86. The molecule has 0 saturated carbocycles. The van der Waals surface area contributed by atoms with Gasteiger partial charge < -0.3 is 11.1 Å². The average molecular weight is 268 g/mol. The molecule has 4 nitrogen and oxygen atoms in total. The van der Waals surface area contributed by atoms with Gasteiger partial charge in [0.2, 0.25) is 0 Å². The van der Waals surface area contributed by atoms with E-state index in [0.717, 1.165) is 0 Å². The van der Waals surface area contributed by atoms with Gasteiger partial charge in [-0.25, -0.2) is 4.98 Å². The number of nitrogens with one attached hydrogen (secondary N) is 1. The number of rotatable bonds is 2. The summed E-state index contributed by atoms with van der Waals surface area (Å²) in [6.07, 6.45) is -3.52. The highest BCUT2D eigenvalue weighted by molar-refractivity contribution is 6.32. The Balaban J connectivity index is 2.91. The predicted molar refractivity (Wildman–Crippen MR) is 56.5 cm³/mol. The van der Waals surface area contributed by atoms with Gasteiger partial charge in [0.15, 0.2) is 10.7 Å². The molecule has 1 atom stereocenters. The maximum Gasteiger partial charge on any atom is 0.415 e. The summed E-state index contributed by atoms with van der Waals surface area (Å²) in [5.74, 6) is -1.40. The van der Waals surface area contributed by atoms with E-state index in [1.165, 1.54) is 18.3 Å². The van der Waals surface area contributed by atoms with Gasteiger partial charge in [-0.2, -0.15) is 13.2 Å². The molecule has 0 aliphatic rings. The lowest BCUT2D eigenvalue weighted by molar-refractivity contribution is -0.184. The highest BCUT2D eigenvalue weighted by Crippen LogP contribution is 2.29. The fourth-order valence-corrected chi connectivity index (χ4v) is 1.03. The van der Waals surface area contributed by atoms with Crippen molar-refractivity contribution in [3.8, 4) is 0 Å². The minimum Gasteiger partial charge on any atom is -0.322 e. The van der Waals surface area contributed by atoms with Crippen molar-refractivity contribution < 1.29 is 18.0 Å². The molecule has 1 amide bonds. The fourth-order valence-electron chi connectivity index (χ4n) is 0.860. The van der Waals surface area contributed by atoms with E-state index in [-0.39, 0.29) is 10.8 Å². The molecule has 0 bridgehead atoms. The number of anilines is 1. The van der Waals surface area contributed by atoms with Crippen LogP contribution in [-0.2, 0) is 4.79 Å². The summed E-state index contributed by atoms with van der Waals surface area (Å²) in [5.41, 5.74) is 1.91. The van der Waals surface area contributed by atoms with Gasteiger partial charge in [-0.15, -0.1) is 0 Å². The van der Waals surface area contributed by atoms with E-state index in [4.69, 9.17) is 17.3 Å². The largest absolute Gasteiger partial charge is 0.415 e. The van der Waals surface area contributed by atoms with Crippen molar-refractivity contribution in [3.05, 3.63) is 23.5 Å².